The topological polar surface area (TPSA) is 140 Å². The van der Waals surface area contributed by atoms with Crippen molar-refractivity contribution in [3.05, 3.63) is 106 Å². The molecule has 1 saturated heterocycles. The summed E-state index contributed by atoms with van der Waals surface area (Å²) in [7, 11) is 1.69. The summed E-state index contributed by atoms with van der Waals surface area (Å²) in [4.78, 5) is 42.8. The lowest BCUT2D eigenvalue weighted by Crippen LogP contribution is -2.28. The fourth-order valence-corrected chi connectivity index (χ4v) is 5.78. The van der Waals surface area contributed by atoms with E-state index in [2.05, 4.69) is 10.3 Å². The molecular formula is C36H36FN5O6. The maximum Gasteiger partial charge on any atom is 0.284 e. The van der Waals surface area contributed by atoms with Crippen LogP contribution < -0.4 is 26.1 Å². The van der Waals surface area contributed by atoms with Crippen molar-refractivity contribution in [2.24, 2.45) is 18.7 Å². The fraction of sp³-hybridized carbons (Fsp3) is 0.278. The standard InChI is InChI=1S/C36H36FN5O6/c1-21(38)31(43)16-23-15-27(46-19-23)20-47-26-10-11-28-30(18-26)39-14-13-32(28)48-33-12-9-24(17-29(33)37)40-35(44)34-22(2)41(3)42(36(34)45)25-7-5-4-6-8-25/h4-14,17-18,21,23,27H,15-16,19-20,38H2,1-3H3,(H,40,44)/t21-,23+,27+/m0/s1. The summed E-state index contributed by atoms with van der Waals surface area (Å²) in [5, 5.41) is 3.27. The number of halogens is 1. The first-order valence-corrected chi connectivity index (χ1v) is 15.6. The third-order valence-electron chi connectivity index (χ3n) is 8.46. The molecule has 0 saturated carbocycles. The number of ether oxygens (including phenoxy) is 3. The summed E-state index contributed by atoms with van der Waals surface area (Å²) in [5.74, 6) is -0.289. The Hall–Kier alpha value is -5.33. The zero-order chi connectivity index (χ0) is 33.9. The monoisotopic (exact) mass is 653 g/mol. The van der Waals surface area contributed by atoms with Crippen molar-refractivity contribution in [2.45, 2.75) is 38.8 Å². The van der Waals surface area contributed by atoms with Crippen LogP contribution in [0.1, 0.15) is 35.8 Å². The molecule has 1 aliphatic heterocycles. The quantitative estimate of drug-likeness (QED) is 0.196. The second-order valence-corrected chi connectivity index (χ2v) is 12.0. The highest BCUT2D eigenvalue weighted by molar-refractivity contribution is 6.05. The summed E-state index contributed by atoms with van der Waals surface area (Å²) in [5.41, 5.74) is 6.99. The summed E-state index contributed by atoms with van der Waals surface area (Å²) in [6, 6.07) is 19.5. The summed E-state index contributed by atoms with van der Waals surface area (Å²) < 4.78 is 36.0. The smallest absolute Gasteiger partial charge is 0.284 e. The highest BCUT2D eigenvalue weighted by atomic mass is 19.1. The number of carbonyl (C=O) groups excluding carboxylic acids is 2. The number of anilines is 1. The Labute approximate surface area is 276 Å². The lowest BCUT2D eigenvalue weighted by Gasteiger charge is -2.14. The number of nitrogens with two attached hydrogens (primary N) is 1. The number of pyridine rings is 1. The molecule has 0 aliphatic carbocycles. The van der Waals surface area contributed by atoms with Crippen LogP contribution in [0.25, 0.3) is 16.6 Å². The molecule has 0 radical (unpaired) electrons. The first-order chi connectivity index (χ1) is 23.1. The molecule has 0 bridgehead atoms. The number of nitrogens with zero attached hydrogens (tertiary/aromatic N) is 3. The molecule has 1 fully saturated rings. The molecule has 5 aromatic rings. The lowest BCUT2D eigenvalue weighted by molar-refractivity contribution is -0.120. The van der Waals surface area contributed by atoms with Crippen molar-refractivity contribution in [1.82, 2.24) is 14.3 Å². The molecule has 2 aromatic heterocycles. The number of hydrogen-bond donors (Lipinski definition) is 2. The Morgan fingerprint density at radius 3 is 2.65 bits per heavy atom. The number of hydrogen-bond acceptors (Lipinski definition) is 8. The average molecular weight is 654 g/mol. The van der Waals surface area contributed by atoms with Crippen LogP contribution in [0.5, 0.6) is 17.2 Å². The molecule has 11 nitrogen and oxygen atoms in total. The fourth-order valence-electron chi connectivity index (χ4n) is 5.78. The minimum Gasteiger partial charge on any atom is -0.491 e. The van der Waals surface area contributed by atoms with Gasteiger partial charge in [-0.1, -0.05) is 18.2 Å². The van der Waals surface area contributed by atoms with Crippen molar-refractivity contribution in [1.29, 1.82) is 0 Å². The Bertz CT molecular complexity index is 2040. The van der Waals surface area contributed by atoms with E-state index in [1.54, 1.807) is 80.3 Å². The van der Waals surface area contributed by atoms with Gasteiger partial charge in [-0.15, -0.1) is 0 Å². The van der Waals surface area contributed by atoms with Crippen LogP contribution in [0.2, 0.25) is 0 Å². The third kappa shape index (κ3) is 6.85. The van der Waals surface area contributed by atoms with Crippen molar-refractivity contribution in [2.75, 3.05) is 18.5 Å². The van der Waals surface area contributed by atoms with Gasteiger partial charge in [0.2, 0.25) is 0 Å². The Kier molecular flexibility index (Phi) is 9.37. The van der Waals surface area contributed by atoms with Gasteiger partial charge in [0.05, 0.1) is 35.7 Å². The summed E-state index contributed by atoms with van der Waals surface area (Å²) in [6.45, 7) is 4.19. The largest absolute Gasteiger partial charge is 0.491 e. The molecule has 1 aliphatic rings. The SMILES string of the molecule is Cc1c(C(=O)Nc2ccc(Oc3ccnc4cc(OC[C@H]5C[C@H](CC(=O)[C@H](C)N)CO5)ccc34)c(F)c2)c(=O)n(-c2ccccc2)n1C. The molecule has 3 heterocycles. The Balaban J connectivity index is 1.11. The van der Waals surface area contributed by atoms with E-state index in [0.29, 0.717) is 53.4 Å². The first-order valence-electron chi connectivity index (χ1n) is 15.6. The van der Waals surface area contributed by atoms with Gasteiger partial charge in [0.25, 0.3) is 11.5 Å². The van der Waals surface area contributed by atoms with E-state index in [4.69, 9.17) is 19.9 Å². The maximum absolute atomic E-state index is 15.3. The van der Waals surface area contributed by atoms with Gasteiger partial charge in [-0.25, -0.2) is 9.07 Å². The summed E-state index contributed by atoms with van der Waals surface area (Å²) in [6.07, 6.45) is 2.54. The number of fused-ring (bicyclic) bond motifs is 1. The van der Waals surface area contributed by atoms with E-state index in [0.717, 1.165) is 12.5 Å². The molecule has 0 unspecified atom stereocenters. The molecule has 248 valence electrons. The van der Waals surface area contributed by atoms with Gasteiger partial charge in [-0.05, 0) is 68.7 Å². The van der Waals surface area contributed by atoms with Crippen molar-refractivity contribution in [3.8, 4) is 22.9 Å². The van der Waals surface area contributed by atoms with Gasteiger partial charge in [-0.3, -0.25) is 24.0 Å². The van der Waals surface area contributed by atoms with Gasteiger partial charge in [0, 0.05) is 42.9 Å². The number of Topliss-reactive ketones (excluding diaryl/α,β-unsaturated/α-hetero) is 1. The van der Waals surface area contributed by atoms with Crippen LogP contribution in [-0.2, 0) is 16.6 Å². The number of ketones is 1. The third-order valence-corrected chi connectivity index (χ3v) is 8.46. The number of para-hydroxylation sites is 1. The lowest BCUT2D eigenvalue weighted by atomic mass is 9.97. The van der Waals surface area contributed by atoms with Crippen LogP contribution in [0.3, 0.4) is 0 Å². The van der Waals surface area contributed by atoms with Gasteiger partial charge in [-0.2, -0.15) is 0 Å². The minimum absolute atomic E-state index is 0.0282. The highest BCUT2D eigenvalue weighted by Crippen LogP contribution is 2.33. The molecule has 1 amide bonds. The van der Waals surface area contributed by atoms with Crippen molar-refractivity contribution >= 4 is 28.3 Å². The van der Waals surface area contributed by atoms with Gasteiger partial charge in [0.1, 0.15) is 29.5 Å². The van der Waals surface area contributed by atoms with Gasteiger partial charge in [0.15, 0.2) is 11.6 Å². The van der Waals surface area contributed by atoms with Crippen LogP contribution in [0, 0.1) is 18.7 Å². The van der Waals surface area contributed by atoms with Gasteiger partial charge >= 0.3 is 0 Å². The van der Waals surface area contributed by atoms with Crippen LogP contribution in [0.15, 0.2) is 83.8 Å². The number of benzene rings is 3. The Morgan fingerprint density at radius 2 is 1.90 bits per heavy atom. The molecule has 12 heteroatoms. The zero-order valence-electron chi connectivity index (χ0n) is 26.8. The number of nitrogens with one attached hydrogen (secondary N) is 1. The van der Waals surface area contributed by atoms with E-state index in [-0.39, 0.29) is 34.8 Å². The zero-order valence-corrected chi connectivity index (χ0v) is 26.8. The highest BCUT2D eigenvalue weighted by Gasteiger charge is 2.28. The number of aromatic nitrogens is 3. The van der Waals surface area contributed by atoms with E-state index in [1.165, 1.54) is 16.8 Å². The molecular weight excluding hydrogens is 617 g/mol. The van der Waals surface area contributed by atoms with Crippen LogP contribution >= 0.6 is 0 Å². The second-order valence-electron chi connectivity index (χ2n) is 12.0. The predicted octanol–water partition coefficient (Wildman–Crippen LogP) is 5.31. The van der Waals surface area contributed by atoms with Crippen LogP contribution in [-0.4, -0.2) is 51.4 Å². The molecule has 3 N–H and O–H groups in total. The van der Waals surface area contributed by atoms with Crippen molar-refractivity contribution < 1.29 is 28.2 Å². The minimum atomic E-state index is -0.707. The van der Waals surface area contributed by atoms with E-state index in [1.807, 2.05) is 6.07 Å². The molecule has 3 aromatic carbocycles. The molecule has 6 rings (SSSR count). The predicted molar refractivity (Wildman–Crippen MR) is 179 cm³/mol. The first kappa shape index (κ1) is 32.6. The van der Waals surface area contributed by atoms with Crippen molar-refractivity contribution in [3.63, 3.8) is 0 Å². The normalized spacial score (nSPS) is 16.5. The molecule has 48 heavy (non-hydrogen) atoms. The summed E-state index contributed by atoms with van der Waals surface area (Å²) >= 11 is 0. The van der Waals surface area contributed by atoms with Crippen LogP contribution in [0.4, 0.5) is 10.1 Å². The van der Waals surface area contributed by atoms with E-state index in [9.17, 15) is 14.4 Å². The van der Waals surface area contributed by atoms with E-state index < -0.39 is 23.3 Å². The molecule has 0 spiro atoms. The maximum atomic E-state index is 15.3. The number of amides is 1. The van der Waals surface area contributed by atoms with E-state index >= 15 is 4.39 Å². The Morgan fingerprint density at radius 1 is 1.10 bits per heavy atom. The molecule has 3 atom stereocenters. The number of carbonyl (C=O) groups is 2. The van der Waals surface area contributed by atoms with Gasteiger partial charge < -0.3 is 25.3 Å². The average Bonchev–Trinajstić information content (AvgIpc) is 3.61. The second kappa shape index (κ2) is 13.8. The number of rotatable bonds is 11.